The molecule has 2 nitrogen and oxygen atoms in total. The molecule has 0 aliphatic rings. The lowest BCUT2D eigenvalue weighted by atomic mass is 10.2. The van der Waals surface area contributed by atoms with Crippen LogP contribution in [0.15, 0.2) is 53.1 Å². The Hall–Kier alpha value is -2.36. The summed E-state index contributed by atoms with van der Waals surface area (Å²) in [5, 5.41) is 0. The van der Waals surface area contributed by atoms with Crippen molar-refractivity contribution >= 4 is 0 Å². The van der Waals surface area contributed by atoms with Crippen molar-refractivity contribution < 1.29 is 13.2 Å². The fraction of sp³-hybridized carbons (Fsp3) is 0.0667. The Kier molecular flexibility index (Phi) is 2.71. The van der Waals surface area contributed by atoms with Gasteiger partial charge in [-0.25, -0.2) is 8.78 Å². The fourth-order valence-corrected chi connectivity index (χ4v) is 2.14. The van der Waals surface area contributed by atoms with Crippen LogP contribution in [0.25, 0.3) is 17.1 Å². The van der Waals surface area contributed by atoms with Crippen LogP contribution in [0.3, 0.4) is 0 Å². The number of aryl methyl sites for hydroxylation is 1. The molecule has 3 rings (SSSR count). The highest BCUT2D eigenvalue weighted by Crippen LogP contribution is 2.28. The minimum atomic E-state index is -0.605. The van der Waals surface area contributed by atoms with Crippen LogP contribution in [-0.4, -0.2) is 4.57 Å². The van der Waals surface area contributed by atoms with Crippen molar-refractivity contribution in [2.75, 3.05) is 0 Å². The van der Waals surface area contributed by atoms with Gasteiger partial charge in [-0.2, -0.15) is 0 Å². The largest absolute Gasteiger partial charge is 0.463 e. The highest BCUT2D eigenvalue weighted by Gasteiger charge is 2.14. The van der Waals surface area contributed by atoms with E-state index in [4.69, 9.17) is 4.42 Å². The van der Waals surface area contributed by atoms with E-state index < -0.39 is 11.6 Å². The molecule has 1 aromatic carbocycles. The summed E-state index contributed by atoms with van der Waals surface area (Å²) in [6.07, 6.45) is 1.56. The van der Waals surface area contributed by atoms with E-state index in [0.717, 1.165) is 17.5 Å². The summed E-state index contributed by atoms with van der Waals surface area (Å²) in [6.45, 7) is 1.86. The van der Waals surface area contributed by atoms with Crippen LogP contribution >= 0.6 is 0 Å². The molecule has 96 valence electrons. The number of benzene rings is 1. The molecule has 0 atom stereocenters. The van der Waals surface area contributed by atoms with Gasteiger partial charge in [0.05, 0.1) is 17.6 Å². The summed E-state index contributed by atoms with van der Waals surface area (Å²) in [7, 11) is 0. The van der Waals surface area contributed by atoms with E-state index in [2.05, 4.69) is 0 Å². The monoisotopic (exact) mass is 259 g/mol. The van der Waals surface area contributed by atoms with Crippen molar-refractivity contribution in [1.82, 2.24) is 4.57 Å². The number of halogens is 2. The number of hydrogen-bond acceptors (Lipinski definition) is 1. The van der Waals surface area contributed by atoms with Crippen LogP contribution in [0.5, 0.6) is 0 Å². The highest BCUT2D eigenvalue weighted by molar-refractivity contribution is 5.59. The normalized spacial score (nSPS) is 10.9. The molecule has 2 heterocycles. The standard InChI is InChI=1S/C15H11F2NO/c1-10-4-6-14(15-3-2-8-19-15)18(10)13-7-5-11(16)9-12(13)17/h2-9H,1H3. The first-order valence-corrected chi connectivity index (χ1v) is 5.84. The highest BCUT2D eigenvalue weighted by atomic mass is 19.1. The predicted octanol–water partition coefficient (Wildman–Crippen LogP) is 4.32. The average molecular weight is 259 g/mol. The molecular weight excluding hydrogens is 248 g/mol. The number of aromatic nitrogens is 1. The molecule has 0 saturated carbocycles. The molecule has 19 heavy (non-hydrogen) atoms. The van der Waals surface area contributed by atoms with Gasteiger partial charge in [-0.05, 0) is 43.3 Å². The summed E-state index contributed by atoms with van der Waals surface area (Å²) in [5.74, 6) is -0.561. The van der Waals surface area contributed by atoms with Gasteiger partial charge in [0.25, 0.3) is 0 Å². The van der Waals surface area contributed by atoms with E-state index in [1.54, 1.807) is 23.0 Å². The quantitative estimate of drug-likeness (QED) is 0.670. The van der Waals surface area contributed by atoms with Crippen LogP contribution in [0.1, 0.15) is 5.69 Å². The molecule has 0 spiro atoms. The molecule has 0 amide bonds. The third kappa shape index (κ3) is 1.95. The Morgan fingerprint density at radius 2 is 1.89 bits per heavy atom. The molecule has 2 aromatic heterocycles. The van der Waals surface area contributed by atoms with Gasteiger partial charge < -0.3 is 8.98 Å². The van der Waals surface area contributed by atoms with E-state index in [1.807, 2.05) is 19.1 Å². The molecular formula is C15H11F2NO. The maximum absolute atomic E-state index is 13.9. The molecule has 0 bridgehead atoms. The Bertz CT molecular complexity index is 714. The molecule has 0 saturated heterocycles. The molecule has 0 N–H and O–H groups in total. The van der Waals surface area contributed by atoms with Gasteiger partial charge in [-0.3, -0.25) is 0 Å². The first-order valence-electron chi connectivity index (χ1n) is 5.84. The minimum Gasteiger partial charge on any atom is -0.463 e. The summed E-state index contributed by atoms with van der Waals surface area (Å²) in [6, 6.07) is 10.8. The van der Waals surface area contributed by atoms with Crippen LogP contribution in [0, 0.1) is 18.6 Å². The number of furan rings is 1. The van der Waals surface area contributed by atoms with E-state index in [-0.39, 0.29) is 0 Å². The van der Waals surface area contributed by atoms with E-state index in [0.29, 0.717) is 11.4 Å². The molecule has 4 heteroatoms. The van der Waals surface area contributed by atoms with Crippen LogP contribution in [0.2, 0.25) is 0 Å². The fourth-order valence-electron chi connectivity index (χ4n) is 2.14. The van der Waals surface area contributed by atoms with Crippen molar-refractivity contribution in [2.45, 2.75) is 6.92 Å². The topological polar surface area (TPSA) is 18.1 Å². The van der Waals surface area contributed by atoms with Gasteiger partial charge in [0, 0.05) is 11.8 Å². The van der Waals surface area contributed by atoms with Gasteiger partial charge in [0.15, 0.2) is 5.76 Å². The van der Waals surface area contributed by atoms with E-state index in [1.165, 1.54) is 12.1 Å². The third-order valence-electron chi connectivity index (χ3n) is 3.00. The summed E-state index contributed by atoms with van der Waals surface area (Å²) in [4.78, 5) is 0. The summed E-state index contributed by atoms with van der Waals surface area (Å²) in [5.41, 5.74) is 1.88. The first-order chi connectivity index (χ1) is 9.16. The first kappa shape index (κ1) is 11.7. The number of nitrogens with zero attached hydrogens (tertiary/aromatic N) is 1. The second kappa shape index (κ2) is 4.39. The lowest BCUT2D eigenvalue weighted by Crippen LogP contribution is -2.02. The van der Waals surface area contributed by atoms with Gasteiger partial charge in [0.2, 0.25) is 0 Å². The molecule has 0 radical (unpaired) electrons. The second-order valence-corrected chi connectivity index (χ2v) is 4.27. The van der Waals surface area contributed by atoms with Crippen molar-refractivity contribution in [2.24, 2.45) is 0 Å². The lowest BCUT2D eigenvalue weighted by molar-refractivity contribution is 0.570. The number of hydrogen-bond donors (Lipinski definition) is 0. The Morgan fingerprint density at radius 1 is 1.05 bits per heavy atom. The maximum atomic E-state index is 13.9. The van der Waals surface area contributed by atoms with Crippen molar-refractivity contribution in [3.05, 3.63) is 66.1 Å². The maximum Gasteiger partial charge on any atom is 0.150 e. The smallest absolute Gasteiger partial charge is 0.150 e. The molecule has 0 aliphatic carbocycles. The molecule has 3 aromatic rings. The van der Waals surface area contributed by atoms with E-state index in [9.17, 15) is 8.78 Å². The second-order valence-electron chi connectivity index (χ2n) is 4.27. The predicted molar refractivity (Wildman–Crippen MR) is 68.1 cm³/mol. The van der Waals surface area contributed by atoms with E-state index >= 15 is 0 Å². The summed E-state index contributed by atoms with van der Waals surface area (Å²) < 4.78 is 34.0. The zero-order chi connectivity index (χ0) is 13.4. The van der Waals surface area contributed by atoms with Gasteiger partial charge >= 0.3 is 0 Å². The van der Waals surface area contributed by atoms with Crippen LogP contribution < -0.4 is 0 Å². The van der Waals surface area contributed by atoms with Crippen molar-refractivity contribution in [1.29, 1.82) is 0 Å². The molecule has 0 unspecified atom stereocenters. The zero-order valence-corrected chi connectivity index (χ0v) is 10.2. The molecule has 0 aliphatic heterocycles. The Morgan fingerprint density at radius 3 is 2.58 bits per heavy atom. The molecule has 0 fully saturated rings. The Balaban J connectivity index is 2.22. The van der Waals surface area contributed by atoms with Gasteiger partial charge in [-0.15, -0.1) is 0 Å². The summed E-state index contributed by atoms with van der Waals surface area (Å²) >= 11 is 0. The zero-order valence-electron chi connectivity index (χ0n) is 10.2. The third-order valence-corrected chi connectivity index (χ3v) is 3.00. The average Bonchev–Trinajstić information content (AvgIpc) is 2.99. The SMILES string of the molecule is Cc1ccc(-c2ccco2)n1-c1ccc(F)cc1F. The van der Waals surface area contributed by atoms with Gasteiger partial charge in [0.1, 0.15) is 11.6 Å². The van der Waals surface area contributed by atoms with Crippen molar-refractivity contribution in [3.63, 3.8) is 0 Å². The van der Waals surface area contributed by atoms with Crippen LogP contribution in [0.4, 0.5) is 8.78 Å². The van der Waals surface area contributed by atoms with Crippen molar-refractivity contribution in [3.8, 4) is 17.1 Å². The minimum absolute atomic E-state index is 0.301. The van der Waals surface area contributed by atoms with Crippen LogP contribution in [-0.2, 0) is 0 Å². The van der Waals surface area contributed by atoms with Gasteiger partial charge in [-0.1, -0.05) is 0 Å². The lowest BCUT2D eigenvalue weighted by Gasteiger charge is -2.11. The Labute approximate surface area is 108 Å². The number of rotatable bonds is 2.